The van der Waals surface area contributed by atoms with E-state index in [4.69, 9.17) is 11.6 Å². The van der Waals surface area contributed by atoms with E-state index in [-0.39, 0.29) is 6.07 Å². The minimum Gasteiger partial charge on any atom is -0.320 e. The van der Waals surface area contributed by atoms with Crippen LogP contribution in [0.3, 0.4) is 0 Å². The summed E-state index contributed by atoms with van der Waals surface area (Å²) in [6.07, 6.45) is 3.13. The molecule has 0 bridgehead atoms. The molecule has 0 saturated heterocycles. The normalized spacial score (nSPS) is 12.2. The summed E-state index contributed by atoms with van der Waals surface area (Å²) in [7, 11) is 0. The van der Waals surface area contributed by atoms with E-state index in [1.54, 1.807) is 48.8 Å². The molecule has 1 amide bonds. The Labute approximate surface area is 184 Å². The van der Waals surface area contributed by atoms with Crippen LogP contribution in [0.2, 0.25) is 5.15 Å². The van der Waals surface area contributed by atoms with Crippen molar-refractivity contribution in [3.8, 4) is 0 Å². The van der Waals surface area contributed by atoms with Gasteiger partial charge < -0.3 is 5.32 Å². The molecule has 0 radical (unpaired) electrons. The molecule has 2 aromatic carbocycles. The molecular weight excluding hydrogens is 454 g/mol. The van der Waals surface area contributed by atoms with Crippen molar-refractivity contribution in [1.29, 1.82) is 0 Å². The number of hydrogen-bond acceptors (Lipinski definition) is 4. The fraction of sp³-hybridized carbons (Fsp3) is 0.0952. The molecule has 1 heterocycles. The predicted molar refractivity (Wildman–Crippen MR) is 113 cm³/mol. The minimum atomic E-state index is -1.67. The summed E-state index contributed by atoms with van der Waals surface area (Å²) in [6.45, 7) is 1.49. The van der Waals surface area contributed by atoms with Crippen LogP contribution in [-0.4, -0.2) is 22.4 Å². The van der Waals surface area contributed by atoms with Crippen LogP contribution in [0, 0.1) is 23.3 Å². The monoisotopic (exact) mass is 467 g/mol. The van der Waals surface area contributed by atoms with E-state index in [1.807, 2.05) is 5.32 Å². The number of thioether (sulfide) groups is 1. The van der Waals surface area contributed by atoms with Gasteiger partial charge in [0.05, 0.1) is 10.9 Å². The summed E-state index contributed by atoms with van der Waals surface area (Å²) in [5.74, 6) is -7.35. The molecule has 3 aromatic rings. The van der Waals surface area contributed by atoms with Gasteiger partial charge in [-0.05, 0) is 43.3 Å². The fourth-order valence-corrected chi connectivity index (χ4v) is 3.45. The molecular formula is C21H14ClF4N3OS. The third-order valence-corrected chi connectivity index (χ3v) is 5.45. The molecule has 1 aromatic heterocycles. The maximum atomic E-state index is 13.7. The highest BCUT2D eigenvalue weighted by Gasteiger charge is 2.23. The first-order valence-corrected chi connectivity index (χ1v) is 10.1. The Balaban J connectivity index is 1.65. The molecule has 0 aliphatic carbocycles. The maximum absolute atomic E-state index is 13.7. The fourth-order valence-electron chi connectivity index (χ4n) is 2.42. The van der Waals surface area contributed by atoms with Gasteiger partial charge in [-0.1, -0.05) is 11.6 Å². The number of rotatable bonds is 6. The van der Waals surface area contributed by atoms with Crippen LogP contribution in [0.5, 0.6) is 0 Å². The number of amides is 1. The highest BCUT2D eigenvalue weighted by atomic mass is 35.5. The smallest absolute Gasteiger partial charge is 0.237 e. The lowest BCUT2D eigenvalue weighted by atomic mass is 10.2. The third-order valence-electron chi connectivity index (χ3n) is 4.02. The average molecular weight is 468 g/mol. The quantitative estimate of drug-likeness (QED) is 0.155. The van der Waals surface area contributed by atoms with Crippen molar-refractivity contribution < 1.29 is 22.4 Å². The lowest BCUT2D eigenvalue weighted by molar-refractivity contribution is -0.115. The zero-order chi connectivity index (χ0) is 22.5. The molecule has 3 rings (SSSR count). The van der Waals surface area contributed by atoms with Crippen molar-refractivity contribution in [3.05, 3.63) is 82.6 Å². The van der Waals surface area contributed by atoms with Gasteiger partial charge in [-0.3, -0.25) is 9.79 Å². The first-order chi connectivity index (χ1) is 14.8. The zero-order valence-corrected chi connectivity index (χ0v) is 17.4. The number of nitrogens with zero attached hydrogens (tertiary/aromatic N) is 2. The molecule has 0 fully saturated rings. The molecule has 10 heteroatoms. The van der Waals surface area contributed by atoms with Crippen LogP contribution in [0.25, 0.3) is 0 Å². The van der Waals surface area contributed by atoms with Crippen molar-refractivity contribution in [2.75, 3.05) is 5.32 Å². The largest absolute Gasteiger partial charge is 0.320 e. The first-order valence-electron chi connectivity index (χ1n) is 8.81. The van der Waals surface area contributed by atoms with Gasteiger partial charge in [0.25, 0.3) is 0 Å². The molecule has 0 saturated carbocycles. The maximum Gasteiger partial charge on any atom is 0.237 e. The number of nitrogens with one attached hydrogen (secondary N) is 1. The number of carbonyl (C=O) groups is 1. The van der Waals surface area contributed by atoms with Gasteiger partial charge >= 0.3 is 0 Å². The van der Waals surface area contributed by atoms with E-state index in [9.17, 15) is 22.4 Å². The van der Waals surface area contributed by atoms with Crippen LogP contribution in [0.4, 0.5) is 28.9 Å². The molecule has 1 N–H and O–H groups in total. The number of hydrogen-bond donors (Lipinski definition) is 1. The highest BCUT2D eigenvalue weighted by Crippen LogP contribution is 2.28. The van der Waals surface area contributed by atoms with E-state index in [0.29, 0.717) is 21.3 Å². The Morgan fingerprint density at radius 3 is 2.39 bits per heavy atom. The first kappa shape index (κ1) is 22.8. The van der Waals surface area contributed by atoms with Crippen molar-refractivity contribution in [3.63, 3.8) is 0 Å². The second-order valence-corrected chi connectivity index (χ2v) is 8.00. The average Bonchev–Trinajstić information content (AvgIpc) is 2.75. The number of anilines is 1. The molecule has 0 unspecified atom stereocenters. The van der Waals surface area contributed by atoms with Crippen LogP contribution in [0.15, 0.2) is 58.5 Å². The number of carbonyl (C=O) groups excluding carboxylic acids is 1. The van der Waals surface area contributed by atoms with E-state index in [1.165, 1.54) is 6.92 Å². The van der Waals surface area contributed by atoms with Crippen LogP contribution in [-0.2, 0) is 4.79 Å². The van der Waals surface area contributed by atoms with Crippen LogP contribution in [0.1, 0.15) is 12.5 Å². The molecule has 160 valence electrons. The molecule has 1 atom stereocenters. The van der Waals surface area contributed by atoms with Crippen molar-refractivity contribution in [2.24, 2.45) is 4.99 Å². The SMILES string of the molecule is C[C@H](Sc1ccc(N=Cc2cccnc2Cl)cc1)C(=O)Nc1c(F)c(F)cc(F)c1F. The summed E-state index contributed by atoms with van der Waals surface area (Å²) in [4.78, 5) is 21.2. The van der Waals surface area contributed by atoms with Crippen LogP contribution < -0.4 is 5.32 Å². The van der Waals surface area contributed by atoms with Gasteiger partial charge in [0.2, 0.25) is 5.91 Å². The zero-order valence-electron chi connectivity index (χ0n) is 15.9. The molecule has 0 aliphatic heterocycles. The second-order valence-electron chi connectivity index (χ2n) is 6.23. The Bertz CT molecular complexity index is 1120. The van der Waals surface area contributed by atoms with E-state index in [2.05, 4.69) is 9.98 Å². The van der Waals surface area contributed by atoms with E-state index in [0.717, 1.165) is 11.8 Å². The Kier molecular flexibility index (Phi) is 7.29. The van der Waals surface area contributed by atoms with Gasteiger partial charge in [-0.2, -0.15) is 0 Å². The van der Waals surface area contributed by atoms with Gasteiger partial charge in [-0.15, -0.1) is 11.8 Å². The number of aromatic nitrogens is 1. The molecule has 0 aliphatic rings. The summed E-state index contributed by atoms with van der Waals surface area (Å²) in [5, 5.41) is 1.42. The van der Waals surface area contributed by atoms with Crippen molar-refractivity contribution in [1.82, 2.24) is 4.98 Å². The predicted octanol–water partition coefficient (Wildman–Crippen LogP) is 6.16. The Morgan fingerprint density at radius 1 is 1.13 bits per heavy atom. The molecule has 31 heavy (non-hydrogen) atoms. The van der Waals surface area contributed by atoms with E-state index >= 15 is 0 Å². The third kappa shape index (κ3) is 5.62. The van der Waals surface area contributed by atoms with Gasteiger partial charge in [0, 0.05) is 28.9 Å². The summed E-state index contributed by atoms with van der Waals surface area (Å²) >= 11 is 7.05. The Hall–Kier alpha value is -2.91. The number of aliphatic imine (C=N–C) groups is 1. The van der Waals surface area contributed by atoms with Crippen molar-refractivity contribution in [2.45, 2.75) is 17.1 Å². The lowest BCUT2D eigenvalue weighted by Gasteiger charge is -2.13. The van der Waals surface area contributed by atoms with Crippen LogP contribution >= 0.6 is 23.4 Å². The highest BCUT2D eigenvalue weighted by molar-refractivity contribution is 8.00. The summed E-state index contributed by atoms with van der Waals surface area (Å²) < 4.78 is 54.0. The van der Waals surface area contributed by atoms with Gasteiger partial charge in [-0.25, -0.2) is 22.5 Å². The lowest BCUT2D eigenvalue weighted by Crippen LogP contribution is -2.24. The standard InChI is InChI=1S/C21H14ClF4N3OS/c1-11(21(30)29-19-17(25)15(23)9-16(24)18(19)26)31-14-6-4-13(5-7-14)28-10-12-3-2-8-27-20(12)22/h2-11H,1H3,(H,29,30)/t11-/m0/s1. The number of pyridine rings is 1. The van der Waals surface area contributed by atoms with Gasteiger partial charge in [0.1, 0.15) is 10.8 Å². The second kappa shape index (κ2) is 9.93. The van der Waals surface area contributed by atoms with Gasteiger partial charge in [0.15, 0.2) is 23.3 Å². The number of halogens is 5. The van der Waals surface area contributed by atoms with E-state index < -0.39 is 40.1 Å². The summed E-state index contributed by atoms with van der Waals surface area (Å²) in [6, 6.07) is 10.4. The molecule has 4 nitrogen and oxygen atoms in total. The number of benzene rings is 2. The minimum absolute atomic E-state index is 0.0742. The van der Waals surface area contributed by atoms with Crippen molar-refractivity contribution >= 4 is 46.9 Å². The molecule has 0 spiro atoms. The topological polar surface area (TPSA) is 54.4 Å². The summed E-state index contributed by atoms with van der Waals surface area (Å²) in [5.41, 5.74) is 0.121. The Morgan fingerprint density at radius 2 is 1.77 bits per heavy atom.